The number of piperazine rings is 1. The van der Waals surface area contributed by atoms with Crippen LogP contribution in [0, 0.1) is 10.1 Å². The number of hydrogen-bond donors (Lipinski definition) is 2. The number of hydrazone groups is 1. The molecule has 1 aromatic carbocycles. The van der Waals surface area contributed by atoms with Crippen LogP contribution in [0.4, 0.5) is 5.88 Å². The predicted molar refractivity (Wildman–Crippen MR) is 106 cm³/mol. The largest absolute Gasteiger partial charge is 0.494 e. The molecule has 29 heavy (non-hydrogen) atoms. The Balaban J connectivity index is 1.39. The Labute approximate surface area is 167 Å². The standard InChI is InChI=1S/C19H23N5O5/c25-19(22-21-14-17-6-7-18(29-17)24(26)27)15-2-4-16(5-3-15)28-13-1-10-23-11-8-20-9-12-23/h2-7,14,20H,1,8-13H2,(H,22,25)/b21-14+. The molecule has 0 atom stereocenters. The molecule has 0 bridgehead atoms. The molecule has 3 rings (SSSR count). The van der Waals surface area contributed by atoms with Crippen LogP contribution < -0.4 is 15.5 Å². The number of amides is 1. The Morgan fingerprint density at radius 2 is 2.03 bits per heavy atom. The molecule has 1 saturated heterocycles. The van der Waals surface area contributed by atoms with Crippen molar-refractivity contribution in [2.24, 2.45) is 5.10 Å². The van der Waals surface area contributed by atoms with Crippen LogP contribution in [-0.4, -0.2) is 61.3 Å². The quantitative estimate of drug-likeness (QED) is 0.283. The van der Waals surface area contributed by atoms with E-state index in [0.29, 0.717) is 17.9 Å². The van der Waals surface area contributed by atoms with Crippen molar-refractivity contribution in [2.45, 2.75) is 6.42 Å². The summed E-state index contributed by atoms with van der Waals surface area (Å²) in [4.78, 5) is 24.4. The van der Waals surface area contributed by atoms with E-state index in [1.807, 2.05) is 0 Å². The maximum Gasteiger partial charge on any atom is 0.433 e. The summed E-state index contributed by atoms with van der Waals surface area (Å²) in [6.07, 6.45) is 2.14. The van der Waals surface area contributed by atoms with Crippen LogP contribution in [0.1, 0.15) is 22.5 Å². The maximum atomic E-state index is 12.1. The second-order valence-electron chi connectivity index (χ2n) is 6.45. The van der Waals surface area contributed by atoms with Gasteiger partial charge < -0.3 is 19.4 Å². The molecule has 0 radical (unpaired) electrons. The predicted octanol–water partition coefficient (Wildman–Crippen LogP) is 1.63. The Kier molecular flexibility index (Phi) is 7.31. The Morgan fingerprint density at radius 3 is 2.72 bits per heavy atom. The van der Waals surface area contributed by atoms with Gasteiger partial charge in [0, 0.05) is 38.3 Å². The van der Waals surface area contributed by atoms with Crippen molar-refractivity contribution in [1.82, 2.24) is 15.6 Å². The van der Waals surface area contributed by atoms with E-state index in [9.17, 15) is 14.9 Å². The third kappa shape index (κ3) is 6.40. The van der Waals surface area contributed by atoms with E-state index in [4.69, 9.17) is 9.15 Å². The fourth-order valence-electron chi connectivity index (χ4n) is 2.84. The zero-order valence-corrected chi connectivity index (χ0v) is 15.9. The van der Waals surface area contributed by atoms with E-state index >= 15 is 0 Å². The molecule has 2 heterocycles. The van der Waals surface area contributed by atoms with Crippen LogP contribution >= 0.6 is 0 Å². The van der Waals surface area contributed by atoms with Gasteiger partial charge in [-0.25, -0.2) is 5.43 Å². The molecule has 2 N–H and O–H groups in total. The first-order valence-corrected chi connectivity index (χ1v) is 9.35. The minimum Gasteiger partial charge on any atom is -0.494 e. The summed E-state index contributed by atoms with van der Waals surface area (Å²) in [6.45, 7) is 5.85. The highest BCUT2D eigenvalue weighted by atomic mass is 16.6. The van der Waals surface area contributed by atoms with Gasteiger partial charge in [-0.2, -0.15) is 5.10 Å². The molecule has 1 amide bonds. The third-order valence-electron chi connectivity index (χ3n) is 4.36. The summed E-state index contributed by atoms with van der Waals surface area (Å²) in [5.41, 5.74) is 2.76. The van der Waals surface area contributed by atoms with Crippen molar-refractivity contribution in [3.63, 3.8) is 0 Å². The molecule has 1 aromatic heterocycles. The monoisotopic (exact) mass is 401 g/mol. The van der Waals surface area contributed by atoms with Gasteiger partial charge >= 0.3 is 5.88 Å². The van der Waals surface area contributed by atoms with Crippen LogP contribution in [-0.2, 0) is 0 Å². The number of furan rings is 1. The molecular weight excluding hydrogens is 378 g/mol. The second-order valence-corrected chi connectivity index (χ2v) is 6.45. The number of ether oxygens (including phenoxy) is 1. The van der Waals surface area contributed by atoms with E-state index in [-0.39, 0.29) is 11.6 Å². The van der Waals surface area contributed by atoms with E-state index < -0.39 is 10.8 Å². The molecule has 10 heteroatoms. The molecule has 10 nitrogen and oxygen atoms in total. The SMILES string of the molecule is O=C(N/N=C/c1ccc([N+](=O)[O-])o1)c1ccc(OCCCN2CCNCC2)cc1. The number of nitro groups is 1. The average Bonchev–Trinajstić information content (AvgIpc) is 3.22. The Bertz CT molecular complexity index is 843. The van der Waals surface area contributed by atoms with Crippen LogP contribution in [0.15, 0.2) is 45.9 Å². The first kappa shape index (κ1) is 20.5. The topological polar surface area (TPSA) is 122 Å². The number of nitrogens with zero attached hydrogens (tertiary/aromatic N) is 3. The number of nitrogens with one attached hydrogen (secondary N) is 2. The average molecular weight is 401 g/mol. The zero-order valence-electron chi connectivity index (χ0n) is 15.9. The van der Waals surface area contributed by atoms with E-state index in [2.05, 4.69) is 20.7 Å². The molecule has 1 fully saturated rings. The van der Waals surface area contributed by atoms with Gasteiger partial charge in [0.05, 0.1) is 18.9 Å². The highest BCUT2D eigenvalue weighted by Crippen LogP contribution is 2.14. The molecule has 0 spiro atoms. The highest BCUT2D eigenvalue weighted by molar-refractivity contribution is 5.94. The normalized spacial score (nSPS) is 14.8. The van der Waals surface area contributed by atoms with Crippen LogP contribution in [0.2, 0.25) is 0 Å². The lowest BCUT2D eigenvalue weighted by Gasteiger charge is -2.26. The highest BCUT2D eigenvalue weighted by Gasteiger charge is 2.11. The van der Waals surface area contributed by atoms with Crippen molar-refractivity contribution < 1.29 is 18.9 Å². The fraction of sp³-hybridized carbons (Fsp3) is 0.368. The van der Waals surface area contributed by atoms with Crippen molar-refractivity contribution >= 4 is 18.0 Å². The molecule has 0 saturated carbocycles. The summed E-state index contributed by atoms with van der Waals surface area (Å²) in [5, 5.41) is 17.6. The lowest BCUT2D eigenvalue weighted by molar-refractivity contribution is -0.402. The number of benzene rings is 1. The zero-order chi connectivity index (χ0) is 20.5. The summed E-state index contributed by atoms with van der Waals surface area (Å²) in [5.74, 6) is 0.0729. The van der Waals surface area contributed by atoms with Gasteiger partial charge in [-0.1, -0.05) is 0 Å². The van der Waals surface area contributed by atoms with Crippen molar-refractivity contribution in [3.05, 3.63) is 57.8 Å². The first-order valence-electron chi connectivity index (χ1n) is 9.35. The molecule has 0 aliphatic carbocycles. The lowest BCUT2D eigenvalue weighted by Crippen LogP contribution is -2.43. The first-order chi connectivity index (χ1) is 14.1. The Hall–Kier alpha value is -3.24. The number of hydrogen-bond acceptors (Lipinski definition) is 8. The minimum absolute atomic E-state index is 0.168. The van der Waals surface area contributed by atoms with Crippen LogP contribution in [0.5, 0.6) is 5.75 Å². The smallest absolute Gasteiger partial charge is 0.433 e. The van der Waals surface area contributed by atoms with Gasteiger partial charge in [-0.3, -0.25) is 14.9 Å². The maximum absolute atomic E-state index is 12.1. The van der Waals surface area contributed by atoms with Gasteiger partial charge in [-0.15, -0.1) is 0 Å². The summed E-state index contributed by atoms with van der Waals surface area (Å²) >= 11 is 0. The molecule has 2 aromatic rings. The summed E-state index contributed by atoms with van der Waals surface area (Å²) in [7, 11) is 0. The van der Waals surface area contributed by atoms with Gasteiger partial charge in [-0.05, 0) is 36.8 Å². The number of carbonyl (C=O) groups is 1. The summed E-state index contributed by atoms with van der Waals surface area (Å²) in [6, 6.07) is 9.37. The van der Waals surface area contributed by atoms with Gasteiger partial charge in [0.15, 0.2) is 5.76 Å². The third-order valence-corrected chi connectivity index (χ3v) is 4.36. The Morgan fingerprint density at radius 1 is 1.28 bits per heavy atom. The van der Waals surface area contributed by atoms with E-state index in [0.717, 1.165) is 39.1 Å². The molecule has 1 aliphatic rings. The van der Waals surface area contributed by atoms with Crippen molar-refractivity contribution in [2.75, 3.05) is 39.3 Å². The number of rotatable bonds is 9. The van der Waals surface area contributed by atoms with Crippen molar-refractivity contribution in [3.8, 4) is 5.75 Å². The van der Waals surface area contributed by atoms with Crippen LogP contribution in [0.3, 0.4) is 0 Å². The molecular formula is C19H23N5O5. The molecule has 1 aliphatic heterocycles. The second kappa shape index (κ2) is 10.3. The minimum atomic E-state index is -0.648. The fourth-order valence-corrected chi connectivity index (χ4v) is 2.84. The van der Waals surface area contributed by atoms with Crippen molar-refractivity contribution in [1.29, 1.82) is 0 Å². The van der Waals surface area contributed by atoms with Gasteiger partial charge in [0.25, 0.3) is 5.91 Å². The van der Waals surface area contributed by atoms with E-state index in [1.54, 1.807) is 24.3 Å². The van der Waals surface area contributed by atoms with Gasteiger partial charge in [0.2, 0.25) is 0 Å². The van der Waals surface area contributed by atoms with Gasteiger partial charge in [0.1, 0.15) is 10.7 Å². The molecule has 154 valence electrons. The lowest BCUT2D eigenvalue weighted by atomic mass is 10.2. The number of carbonyl (C=O) groups excluding carboxylic acids is 1. The van der Waals surface area contributed by atoms with E-state index in [1.165, 1.54) is 18.3 Å². The van der Waals surface area contributed by atoms with Crippen LogP contribution in [0.25, 0.3) is 0 Å². The molecule has 0 unspecified atom stereocenters. The summed E-state index contributed by atoms with van der Waals surface area (Å²) < 4.78 is 10.6.